The summed E-state index contributed by atoms with van der Waals surface area (Å²) < 4.78 is 5.16. The van der Waals surface area contributed by atoms with Crippen molar-refractivity contribution in [1.29, 1.82) is 0 Å². The van der Waals surface area contributed by atoms with Gasteiger partial charge in [-0.15, -0.1) is 0 Å². The van der Waals surface area contributed by atoms with Gasteiger partial charge in [0, 0.05) is 17.2 Å². The van der Waals surface area contributed by atoms with E-state index in [9.17, 15) is 9.59 Å². The molecular weight excluding hydrogens is 294 g/mol. The van der Waals surface area contributed by atoms with Crippen molar-refractivity contribution in [2.75, 3.05) is 10.6 Å². The molecule has 1 aromatic heterocycles. The summed E-state index contributed by atoms with van der Waals surface area (Å²) in [6, 6.07) is 5.21. The Kier molecular flexibility index (Phi) is 3.47. The van der Waals surface area contributed by atoms with Crippen LogP contribution in [0.3, 0.4) is 0 Å². The molecule has 2 aromatic rings. The zero-order valence-corrected chi connectivity index (χ0v) is 13.6. The van der Waals surface area contributed by atoms with Crippen LogP contribution in [-0.4, -0.2) is 17.0 Å². The molecule has 0 radical (unpaired) electrons. The average Bonchev–Trinajstić information content (AvgIpc) is 3.03. The number of anilines is 2. The van der Waals surface area contributed by atoms with Gasteiger partial charge in [0.25, 0.3) is 5.91 Å². The van der Waals surface area contributed by atoms with E-state index in [1.165, 1.54) is 6.20 Å². The van der Waals surface area contributed by atoms with Crippen LogP contribution in [0.5, 0.6) is 0 Å². The maximum atomic E-state index is 12.5. The minimum absolute atomic E-state index is 0.0637. The van der Waals surface area contributed by atoms with Crippen LogP contribution in [-0.2, 0) is 10.2 Å². The van der Waals surface area contributed by atoms with E-state index in [0.29, 0.717) is 17.0 Å². The molecule has 23 heavy (non-hydrogen) atoms. The Morgan fingerprint density at radius 1 is 1.35 bits per heavy atom. The first-order valence-electron chi connectivity index (χ1n) is 7.52. The number of carbonyl (C=O) groups is 2. The largest absolute Gasteiger partial charge is 0.359 e. The minimum Gasteiger partial charge on any atom is -0.359 e. The van der Waals surface area contributed by atoms with Gasteiger partial charge in [0.05, 0.1) is 11.6 Å². The van der Waals surface area contributed by atoms with E-state index in [-0.39, 0.29) is 17.7 Å². The third-order valence-corrected chi connectivity index (χ3v) is 4.14. The van der Waals surface area contributed by atoms with Gasteiger partial charge in [-0.25, -0.2) is 0 Å². The van der Waals surface area contributed by atoms with E-state index in [4.69, 9.17) is 4.52 Å². The third kappa shape index (κ3) is 2.50. The Balaban J connectivity index is 1.89. The normalized spacial score (nSPS) is 15.4. The zero-order chi connectivity index (χ0) is 16.8. The number of hydrogen-bond donors (Lipinski definition) is 2. The molecule has 0 spiro atoms. The molecule has 1 aromatic carbocycles. The lowest BCUT2D eigenvalue weighted by Crippen LogP contribution is -2.27. The summed E-state index contributed by atoms with van der Waals surface area (Å²) in [4.78, 5) is 24.5. The molecule has 0 fully saturated rings. The fraction of sp³-hybridized carbons (Fsp3) is 0.353. The fourth-order valence-corrected chi connectivity index (χ4v) is 2.67. The van der Waals surface area contributed by atoms with E-state index in [1.807, 2.05) is 27.7 Å². The molecule has 0 saturated carbocycles. The van der Waals surface area contributed by atoms with Gasteiger partial charge in [-0.3, -0.25) is 9.59 Å². The highest BCUT2D eigenvalue weighted by Crippen LogP contribution is 2.37. The second kappa shape index (κ2) is 5.22. The van der Waals surface area contributed by atoms with Crippen molar-refractivity contribution in [3.63, 3.8) is 0 Å². The van der Waals surface area contributed by atoms with Crippen molar-refractivity contribution in [2.45, 2.75) is 39.0 Å². The molecule has 6 nitrogen and oxygen atoms in total. The molecule has 2 amide bonds. The summed E-state index contributed by atoms with van der Waals surface area (Å²) in [6.45, 7) is 7.61. The first-order valence-corrected chi connectivity index (χ1v) is 7.52. The third-order valence-electron chi connectivity index (χ3n) is 4.14. The first-order chi connectivity index (χ1) is 10.8. The molecule has 1 aliphatic rings. The van der Waals surface area contributed by atoms with E-state index in [2.05, 4.69) is 15.8 Å². The van der Waals surface area contributed by atoms with Crippen LogP contribution >= 0.6 is 0 Å². The van der Waals surface area contributed by atoms with Crippen LogP contribution < -0.4 is 10.6 Å². The summed E-state index contributed by atoms with van der Waals surface area (Å²) in [6.07, 6.45) is 1.50. The monoisotopic (exact) mass is 313 g/mol. The number of hydrogen-bond acceptors (Lipinski definition) is 4. The number of aromatic nitrogens is 1. The lowest BCUT2D eigenvalue weighted by Gasteiger charge is -2.15. The summed E-state index contributed by atoms with van der Waals surface area (Å²) >= 11 is 0. The predicted molar refractivity (Wildman–Crippen MR) is 86.6 cm³/mol. The highest BCUT2D eigenvalue weighted by Gasteiger charge is 2.38. The molecule has 120 valence electrons. The van der Waals surface area contributed by atoms with Crippen molar-refractivity contribution < 1.29 is 14.1 Å². The minimum atomic E-state index is -0.647. The SMILES string of the molecule is CC(C)c1oncc1NC(=O)c1ccc2c(c1)C(C)(C)C(=O)N2. The second-order valence-electron chi connectivity index (χ2n) is 6.55. The molecular formula is C17H19N3O3. The van der Waals surface area contributed by atoms with Crippen molar-refractivity contribution >= 4 is 23.2 Å². The Hall–Kier alpha value is -2.63. The number of fused-ring (bicyclic) bond motifs is 1. The van der Waals surface area contributed by atoms with Crippen molar-refractivity contribution in [2.24, 2.45) is 0 Å². The number of rotatable bonds is 3. The Bertz CT molecular complexity index is 790. The van der Waals surface area contributed by atoms with Crippen molar-refractivity contribution in [3.05, 3.63) is 41.3 Å². The van der Waals surface area contributed by atoms with Crippen LogP contribution in [0.1, 0.15) is 55.3 Å². The summed E-state index contributed by atoms with van der Waals surface area (Å²) in [5.41, 5.74) is 1.99. The molecule has 0 aliphatic carbocycles. The molecule has 6 heteroatoms. The lowest BCUT2D eigenvalue weighted by atomic mass is 9.85. The quantitative estimate of drug-likeness (QED) is 0.910. The van der Waals surface area contributed by atoms with E-state index < -0.39 is 5.41 Å². The van der Waals surface area contributed by atoms with Crippen LogP contribution in [0.2, 0.25) is 0 Å². The average molecular weight is 313 g/mol. The summed E-state index contributed by atoms with van der Waals surface area (Å²) in [5.74, 6) is 0.435. The van der Waals surface area contributed by atoms with Gasteiger partial charge in [-0.1, -0.05) is 19.0 Å². The van der Waals surface area contributed by atoms with Gasteiger partial charge in [-0.2, -0.15) is 0 Å². The van der Waals surface area contributed by atoms with Gasteiger partial charge >= 0.3 is 0 Å². The second-order valence-corrected chi connectivity index (χ2v) is 6.55. The Morgan fingerprint density at radius 3 is 2.78 bits per heavy atom. The van der Waals surface area contributed by atoms with E-state index in [1.54, 1.807) is 18.2 Å². The van der Waals surface area contributed by atoms with Crippen molar-refractivity contribution in [3.8, 4) is 0 Å². The highest BCUT2D eigenvalue weighted by molar-refractivity contribution is 6.09. The number of nitrogens with zero attached hydrogens (tertiary/aromatic N) is 1. The lowest BCUT2D eigenvalue weighted by molar-refractivity contribution is -0.119. The van der Waals surface area contributed by atoms with E-state index >= 15 is 0 Å². The number of benzene rings is 1. The Morgan fingerprint density at radius 2 is 2.09 bits per heavy atom. The summed E-state index contributed by atoms with van der Waals surface area (Å²) in [5, 5.41) is 9.38. The number of carbonyl (C=O) groups excluding carboxylic acids is 2. The zero-order valence-electron chi connectivity index (χ0n) is 13.6. The molecule has 0 atom stereocenters. The predicted octanol–water partition coefficient (Wildman–Crippen LogP) is 3.28. The smallest absolute Gasteiger partial charge is 0.255 e. The molecule has 2 heterocycles. The maximum Gasteiger partial charge on any atom is 0.255 e. The van der Waals surface area contributed by atoms with Crippen LogP contribution in [0, 0.1) is 0 Å². The van der Waals surface area contributed by atoms with Gasteiger partial charge < -0.3 is 15.2 Å². The highest BCUT2D eigenvalue weighted by atomic mass is 16.5. The fourth-order valence-electron chi connectivity index (χ4n) is 2.67. The molecule has 2 N–H and O–H groups in total. The van der Waals surface area contributed by atoms with Gasteiger partial charge in [-0.05, 0) is 37.6 Å². The Labute approximate surface area is 134 Å². The number of nitrogens with one attached hydrogen (secondary N) is 2. The molecule has 3 rings (SSSR count). The van der Waals surface area contributed by atoms with Crippen LogP contribution in [0.15, 0.2) is 28.9 Å². The maximum absolute atomic E-state index is 12.5. The molecule has 0 saturated heterocycles. The van der Waals surface area contributed by atoms with Crippen molar-refractivity contribution in [1.82, 2.24) is 5.16 Å². The molecule has 0 unspecified atom stereocenters. The summed E-state index contributed by atoms with van der Waals surface area (Å²) in [7, 11) is 0. The standard InChI is InChI=1S/C17H19N3O3/c1-9(2)14-13(8-18-23-14)19-15(21)10-5-6-12-11(7-10)17(3,4)16(22)20-12/h5-9H,1-4H3,(H,19,21)(H,20,22). The molecule has 1 aliphatic heterocycles. The molecule has 0 bridgehead atoms. The van der Waals surface area contributed by atoms with Crippen LogP contribution in [0.25, 0.3) is 0 Å². The first kappa shape index (κ1) is 15.3. The number of amides is 2. The van der Waals surface area contributed by atoms with Gasteiger partial charge in [0.2, 0.25) is 5.91 Å². The van der Waals surface area contributed by atoms with E-state index in [0.717, 1.165) is 11.3 Å². The topological polar surface area (TPSA) is 84.2 Å². The van der Waals surface area contributed by atoms with Crippen LogP contribution in [0.4, 0.5) is 11.4 Å². The van der Waals surface area contributed by atoms with Gasteiger partial charge in [0.1, 0.15) is 5.69 Å². The van der Waals surface area contributed by atoms with Gasteiger partial charge in [0.15, 0.2) is 5.76 Å².